The van der Waals surface area contributed by atoms with Gasteiger partial charge in [-0.2, -0.15) is 0 Å². The van der Waals surface area contributed by atoms with Crippen LogP contribution in [0.15, 0.2) is 42.5 Å². The maximum absolute atomic E-state index is 12.9. The normalized spacial score (nSPS) is 17.8. The smallest absolute Gasteiger partial charge is 0.263 e. The van der Waals surface area contributed by atoms with Crippen molar-refractivity contribution in [2.45, 2.75) is 65.3 Å². The van der Waals surface area contributed by atoms with Crippen LogP contribution in [-0.4, -0.2) is 40.0 Å². The molecule has 0 saturated heterocycles. The molecule has 0 spiro atoms. The first kappa shape index (κ1) is 27.3. The molecule has 2 atom stereocenters. The van der Waals surface area contributed by atoms with E-state index in [1.807, 2.05) is 31.2 Å². The molecular weight excluding hydrogens is 512 g/mol. The van der Waals surface area contributed by atoms with Crippen LogP contribution in [-0.2, 0) is 17.9 Å². The number of nitrogens with zero attached hydrogens (tertiary/aromatic N) is 2. The van der Waals surface area contributed by atoms with Gasteiger partial charge in [0.25, 0.3) is 5.91 Å². The molecule has 2 amide bonds. The number of hydrogen-bond acceptors (Lipinski definition) is 7. The van der Waals surface area contributed by atoms with Gasteiger partial charge in [-0.15, -0.1) is 0 Å². The van der Waals surface area contributed by atoms with Gasteiger partial charge in [-0.1, -0.05) is 48.6 Å². The monoisotopic (exact) mass is 548 g/mol. The average Bonchev–Trinajstić information content (AvgIpc) is 3.68. The van der Waals surface area contributed by atoms with Crippen LogP contribution in [0.1, 0.15) is 82.9 Å². The van der Waals surface area contributed by atoms with Gasteiger partial charge in [0.15, 0.2) is 5.13 Å². The van der Waals surface area contributed by atoms with Gasteiger partial charge in [0.2, 0.25) is 5.91 Å². The minimum Gasteiger partial charge on any atom is -0.493 e. The second-order valence-electron chi connectivity index (χ2n) is 10.6. The Hall–Kier alpha value is -3.27. The zero-order valence-electron chi connectivity index (χ0n) is 22.7. The van der Waals surface area contributed by atoms with E-state index < -0.39 is 6.10 Å². The Morgan fingerprint density at radius 2 is 1.97 bits per heavy atom. The number of carbonyl (C=O) groups excluding carboxylic acids is 2. The van der Waals surface area contributed by atoms with Gasteiger partial charge in [-0.05, 0) is 67.0 Å². The number of aryl methyl sites for hydroxylation is 1. The molecule has 1 aromatic heterocycles. The van der Waals surface area contributed by atoms with Crippen LogP contribution in [0.3, 0.4) is 0 Å². The van der Waals surface area contributed by atoms with Crippen molar-refractivity contribution in [3.63, 3.8) is 0 Å². The predicted octanol–water partition coefficient (Wildman–Crippen LogP) is 5.13. The van der Waals surface area contributed by atoms with E-state index in [4.69, 9.17) is 4.74 Å². The standard InChI is InChI=1S/C30H36N4O4S/c1-4-27(36)33-30-32-19(3)28(39-30)29(37)31-18(2)22-9-7-20(8-10-22)14-34-15-23-11-12-24(38-17-21-5-6-21)13-25(23)26(35)16-34/h7-13,18,21,26,35H,4-6,14-17H2,1-3H3,(H,31,37)(H,32,33,36)/t18-,26?/m0/s1. The zero-order valence-corrected chi connectivity index (χ0v) is 23.5. The van der Waals surface area contributed by atoms with Crippen molar-refractivity contribution in [2.75, 3.05) is 18.5 Å². The van der Waals surface area contributed by atoms with Crippen molar-refractivity contribution in [3.05, 3.63) is 75.3 Å². The van der Waals surface area contributed by atoms with Gasteiger partial charge in [-0.25, -0.2) is 4.98 Å². The van der Waals surface area contributed by atoms with E-state index in [9.17, 15) is 14.7 Å². The molecule has 1 aliphatic heterocycles. The van der Waals surface area contributed by atoms with E-state index in [0.29, 0.717) is 34.6 Å². The highest BCUT2D eigenvalue weighted by molar-refractivity contribution is 7.17. The topological polar surface area (TPSA) is 104 Å². The first-order valence-corrected chi connectivity index (χ1v) is 14.4. The van der Waals surface area contributed by atoms with Crippen molar-refractivity contribution < 1.29 is 19.4 Å². The van der Waals surface area contributed by atoms with Gasteiger partial charge in [0.1, 0.15) is 10.6 Å². The minimum atomic E-state index is -0.543. The number of thiazole rings is 1. The molecule has 1 saturated carbocycles. The van der Waals surface area contributed by atoms with Crippen LogP contribution < -0.4 is 15.4 Å². The lowest BCUT2D eigenvalue weighted by Gasteiger charge is -2.32. The van der Waals surface area contributed by atoms with Gasteiger partial charge < -0.3 is 20.5 Å². The van der Waals surface area contributed by atoms with Crippen molar-refractivity contribution in [1.29, 1.82) is 0 Å². The quantitative estimate of drug-likeness (QED) is 0.325. The number of hydrogen-bond donors (Lipinski definition) is 3. The number of aliphatic hydroxyl groups is 1. The van der Waals surface area contributed by atoms with E-state index in [2.05, 4.69) is 38.7 Å². The van der Waals surface area contributed by atoms with Crippen LogP contribution in [0.2, 0.25) is 0 Å². The van der Waals surface area contributed by atoms with Crippen molar-refractivity contribution in [3.8, 4) is 5.75 Å². The summed E-state index contributed by atoms with van der Waals surface area (Å²) >= 11 is 1.18. The fourth-order valence-electron chi connectivity index (χ4n) is 4.77. The minimum absolute atomic E-state index is 0.129. The summed E-state index contributed by atoms with van der Waals surface area (Å²) in [7, 11) is 0. The molecular formula is C30H36N4O4S. The summed E-state index contributed by atoms with van der Waals surface area (Å²) in [4.78, 5) is 31.6. The van der Waals surface area contributed by atoms with Gasteiger partial charge >= 0.3 is 0 Å². The Morgan fingerprint density at radius 1 is 1.21 bits per heavy atom. The number of aromatic nitrogens is 1. The third-order valence-electron chi connectivity index (χ3n) is 7.29. The number of anilines is 1. The SMILES string of the molecule is CCC(=O)Nc1nc(C)c(C(=O)N[C@@H](C)c2ccc(CN3Cc4ccc(OCC5CC5)cc4C(O)C3)cc2)s1. The molecule has 3 N–H and O–H groups in total. The lowest BCUT2D eigenvalue weighted by atomic mass is 9.96. The third kappa shape index (κ3) is 6.84. The molecule has 39 heavy (non-hydrogen) atoms. The second kappa shape index (κ2) is 11.9. The third-order valence-corrected chi connectivity index (χ3v) is 8.36. The Bertz CT molecular complexity index is 1340. The maximum atomic E-state index is 12.9. The highest BCUT2D eigenvalue weighted by Crippen LogP contribution is 2.33. The Labute approximate surface area is 233 Å². The van der Waals surface area contributed by atoms with E-state index in [0.717, 1.165) is 47.7 Å². The zero-order chi connectivity index (χ0) is 27.5. The number of carbonyl (C=O) groups is 2. The Morgan fingerprint density at radius 3 is 2.69 bits per heavy atom. The van der Waals surface area contributed by atoms with Gasteiger partial charge in [0.05, 0.1) is 24.4 Å². The van der Waals surface area contributed by atoms with Crippen molar-refractivity contribution in [2.24, 2.45) is 5.92 Å². The van der Waals surface area contributed by atoms with Crippen LogP contribution in [0.25, 0.3) is 0 Å². The first-order valence-electron chi connectivity index (χ1n) is 13.6. The van der Waals surface area contributed by atoms with Crippen molar-refractivity contribution in [1.82, 2.24) is 15.2 Å². The van der Waals surface area contributed by atoms with Crippen LogP contribution in [0, 0.1) is 12.8 Å². The number of nitrogens with one attached hydrogen (secondary N) is 2. The number of benzene rings is 2. The number of fused-ring (bicyclic) bond motifs is 1. The number of aliphatic hydroxyl groups excluding tert-OH is 1. The highest BCUT2D eigenvalue weighted by atomic mass is 32.1. The maximum Gasteiger partial charge on any atom is 0.263 e. The lowest BCUT2D eigenvalue weighted by molar-refractivity contribution is -0.115. The largest absolute Gasteiger partial charge is 0.493 e. The van der Waals surface area contributed by atoms with E-state index >= 15 is 0 Å². The molecule has 3 aromatic rings. The molecule has 0 bridgehead atoms. The summed E-state index contributed by atoms with van der Waals surface area (Å²) < 4.78 is 5.90. The highest BCUT2D eigenvalue weighted by Gasteiger charge is 2.26. The molecule has 0 radical (unpaired) electrons. The molecule has 1 unspecified atom stereocenters. The molecule has 2 aromatic carbocycles. The molecule has 1 aliphatic carbocycles. The Balaban J connectivity index is 1.16. The summed E-state index contributed by atoms with van der Waals surface area (Å²) in [6.07, 6.45) is 2.32. The fourth-order valence-corrected chi connectivity index (χ4v) is 5.65. The van der Waals surface area contributed by atoms with Gasteiger partial charge in [0, 0.05) is 26.1 Å². The predicted molar refractivity (Wildman–Crippen MR) is 152 cm³/mol. The number of amides is 2. The Kier molecular flexibility index (Phi) is 8.30. The van der Waals surface area contributed by atoms with Crippen molar-refractivity contribution >= 4 is 28.3 Å². The lowest BCUT2D eigenvalue weighted by Crippen LogP contribution is -2.33. The van der Waals surface area contributed by atoms with E-state index in [1.54, 1.807) is 13.8 Å². The second-order valence-corrected chi connectivity index (χ2v) is 11.6. The average molecular weight is 549 g/mol. The molecule has 1 fully saturated rings. The molecule has 9 heteroatoms. The summed E-state index contributed by atoms with van der Waals surface area (Å²) in [6.45, 7) is 8.33. The van der Waals surface area contributed by atoms with E-state index in [1.165, 1.54) is 24.2 Å². The number of ether oxygens (including phenoxy) is 1. The molecule has 206 valence electrons. The summed E-state index contributed by atoms with van der Waals surface area (Å²) in [5.41, 5.74) is 4.84. The first-order chi connectivity index (χ1) is 18.8. The summed E-state index contributed by atoms with van der Waals surface area (Å²) in [5, 5.41) is 17.0. The van der Waals surface area contributed by atoms with Crippen LogP contribution in [0.5, 0.6) is 5.75 Å². The number of rotatable bonds is 10. The summed E-state index contributed by atoms with van der Waals surface area (Å²) in [5.74, 6) is 1.21. The molecule has 8 nitrogen and oxygen atoms in total. The molecule has 2 aliphatic rings. The number of β-amino-alcohol motifs (C(OH)–C–C–N with tert-alkyl or cyclic N) is 1. The molecule has 5 rings (SSSR count). The molecule has 2 heterocycles. The van der Waals surface area contributed by atoms with Gasteiger partial charge in [-0.3, -0.25) is 14.5 Å². The van der Waals surface area contributed by atoms with E-state index in [-0.39, 0.29) is 17.9 Å². The summed E-state index contributed by atoms with van der Waals surface area (Å²) in [6, 6.07) is 14.1. The van der Waals surface area contributed by atoms with Crippen LogP contribution in [0.4, 0.5) is 5.13 Å². The fraction of sp³-hybridized carbons (Fsp3) is 0.433. The van der Waals surface area contributed by atoms with Crippen LogP contribution >= 0.6 is 11.3 Å².